The van der Waals surface area contributed by atoms with E-state index in [1.807, 2.05) is 32.0 Å². The Morgan fingerprint density at radius 2 is 2.11 bits per heavy atom. The van der Waals surface area contributed by atoms with Gasteiger partial charge in [0.2, 0.25) is 0 Å². The maximum absolute atomic E-state index is 8.99. The fraction of sp³-hybridized carbons (Fsp3) is 0.600. The van der Waals surface area contributed by atoms with E-state index in [1.165, 1.54) is 0 Å². The summed E-state index contributed by atoms with van der Waals surface area (Å²) >= 11 is 0. The first-order valence-electron chi connectivity index (χ1n) is 6.98. The Hall–Kier alpha value is -1.42. The molecule has 4 N–H and O–H groups in total. The number of para-hydroxylation sites is 1. The average molecular weight is 266 g/mol. The molecule has 0 saturated carbocycles. The van der Waals surface area contributed by atoms with Crippen molar-refractivity contribution >= 4 is 11.4 Å². The van der Waals surface area contributed by atoms with E-state index in [9.17, 15) is 0 Å². The van der Waals surface area contributed by atoms with Crippen LogP contribution < -0.4 is 15.8 Å². The summed E-state index contributed by atoms with van der Waals surface area (Å²) in [5.74, 6) is 1.18. The minimum absolute atomic E-state index is 0.107. The Kier molecular flexibility index (Phi) is 6.50. The van der Waals surface area contributed by atoms with Gasteiger partial charge in [0.15, 0.2) is 0 Å². The van der Waals surface area contributed by atoms with Crippen molar-refractivity contribution in [1.29, 1.82) is 0 Å². The highest BCUT2D eigenvalue weighted by atomic mass is 16.5. The lowest BCUT2D eigenvalue weighted by Gasteiger charge is -2.18. The number of nitrogens with one attached hydrogen (secondary N) is 1. The zero-order valence-corrected chi connectivity index (χ0v) is 12.1. The lowest BCUT2D eigenvalue weighted by Crippen LogP contribution is -2.16. The SMILES string of the molecule is CCC(CCO)CNc1cccc(OC(C)C)c1N. The maximum atomic E-state index is 8.99. The third kappa shape index (κ3) is 4.99. The molecule has 1 atom stereocenters. The third-order valence-corrected chi connectivity index (χ3v) is 3.12. The van der Waals surface area contributed by atoms with Crippen LogP contribution >= 0.6 is 0 Å². The largest absolute Gasteiger partial charge is 0.489 e. The zero-order chi connectivity index (χ0) is 14.3. The van der Waals surface area contributed by atoms with Gasteiger partial charge in [0, 0.05) is 13.2 Å². The van der Waals surface area contributed by atoms with E-state index in [1.54, 1.807) is 0 Å². The number of hydrogen-bond acceptors (Lipinski definition) is 4. The van der Waals surface area contributed by atoms with Crippen molar-refractivity contribution in [1.82, 2.24) is 0 Å². The van der Waals surface area contributed by atoms with Gasteiger partial charge in [0.1, 0.15) is 5.75 Å². The van der Waals surface area contributed by atoms with Crippen molar-refractivity contribution in [2.24, 2.45) is 5.92 Å². The summed E-state index contributed by atoms with van der Waals surface area (Å²) in [6.45, 7) is 7.13. The molecular weight excluding hydrogens is 240 g/mol. The first kappa shape index (κ1) is 15.6. The molecule has 1 unspecified atom stereocenters. The lowest BCUT2D eigenvalue weighted by atomic mass is 10.0. The average Bonchev–Trinajstić information content (AvgIpc) is 2.37. The topological polar surface area (TPSA) is 67.5 Å². The summed E-state index contributed by atoms with van der Waals surface area (Å²) in [4.78, 5) is 0. The minimum Gasteiger partial charge on any atom is -0.489 e. The van der Waals surface area contributed by atoms with E-state index < -0.39 is 0 Å². The zero-order valence-electron chi connectivity index (χ0n) is 12.1. The molecule has 1 aromatic carbocycles. The van der Waals surface area contributed by atoms with Gasteiger partial charge in [-0.25, -0.2) is 0 Å². The molecule has 1 rings (SSSR count). The van der Waals surface area contributed by atoms with Crippen LogP contribution in [-0.4, -0.2) is 24.4 Å². The smallest absolute Gasteiger partial charge is 0.144 e. The molecule has 0 fully saturated rings. The quantitative estimate of drug-likeness (QED) is 0.633. The van der Waals surface area contributed by atoms with Crippen LogP contribution in [0.2, 0.25) is 0 Å². The number of nitrogens with two attached hydrogens (primary N) is 1. The van der Waals surface area contributed by atoms with E-state index in [4.69, 9.17) is 15.6 Å². The van der Waals surface area contributed by atoms with Crippen LogP contribution in [0.1, 0.15) is 33.6 Å². The van der Waals surface area contributed by atoms with Gasteiger partial charge in [-0.15, -0.1) is 0 Å². The van der Waals surface area contributed by atoms with Gasteiger partial charge in [0.25, 0.3) is 0 Å². The molecule has 0 aliphatic carbocycles. The van der Waals surface area contributed by atoms with Crippen LogP contribution in [0.4, 0.5) is 11.4 Å². The highest BCUT2D eigenvalue weighted by Crippen LogP contribution is 2.30. The number of aliphatic hydroxyl groups is 1. The monoisotopic (exact) mass is 266 g/mol. The normalized spacial score (nSPS) is 12.5. The van der Waals surface area contributed by atoms with Crippen LogP contribution in [0.5, 0.6) is 5.75 Å². The van der Waals surface area contributed by atoms with E-state index in [-0.39, 0.29) is 12.7 Å². The molecule has 0 aliphatic heterocycles. The minimum atomic E-state index is 0.107. The van der Waals surface area contributed by atoms with Gasteiger partial charge in [-0.3, -0.25) is 0 Å². The van der Waals surface area contributed by atoms with E-state index in [0.29, 0.717) is 11.6 Å². The number of ether oxygens (including phenoxy) is 1. The molecule has 4 heteroatoms. The van der Waals surface area contributed by atoms with Gasteiger partial charge < -0.3 is 20.9 Å². The lowest BCUT2D eigenvalue weighted by molar-refractivity contribution is 0.244. The number of rotatable bonds is 8. The molecule has 0 spiro atoms. The Morgan fingerprint density at radius 1 is 1.37 bits per heavy atom. The molecule has 4 nitrogen and oxygen atoms in total. The van der Waals surface area contributed by atoms with Crippen LogP contribution in [0.3, 0.4) is 0 Å². The molecule has 108 valence electrons. The molecule has 0 heterocycles. The van der Waals surface area contributed by atoms with Gasteiger partial charge in [-0.2, -0.15) is 0 Å². The van der Waals surface area contributed by atoms with Crippen molar-refractivity contribution in [3.8, 4) is 5.75 Å². The Bertz CT molecular complexity index is 380. The maximum Gasteiger partial charge on any atom is 0.144 e. The highest BCUT2D eigenvalue weighted by molar-refractivity contribution is 5.72. The molecule has 0 bridgehead atoms. The van der Waals surface area contributed by atoms with Crippen molar-refractivity contribution < 1.29 is 9.84 Å². The first-order valence-corrected chi connectivity index (χ1v) is 6.98. The standard InChI is InChI=1S/C15H26N2O2/c1-4-12(8-9-18)10-17-13-6-5-7-14(15(13)16)19-11(2)3/h5-7,11-12,17-18H,4,8-10,16H2,1-3H3. The van der Waals surface area contributed by atoms with Crippen LogP contribution in [-0.2, 0) is 0 Å². The van der Waals surface area contributed by atoms with Crippen LogP contribution in [0.15, 0.2) is 18.2 Å². The molecule has 19 heavy (non-hydrogen) atoms. The summed E-state index contributed by atoms with van der Waals surface area (Å²) in [6.07, 6.45) is 1.96. The van der Waals surface area contributed by atoms with Crippen LogP contribution in [0.25, 0.3) is 0 Å². The molecular formula is C15H26N2O2. The van der Waals surface area contributed by atoms with E-state index in [2.05, 4.69) is 12.2 Å². The van der Waals surface area contributed by atoms with Gasteiger partial charge in [-0.05, 0) is 38.3 Å². The first-order chi connectivity index (χ1) is 9.08. The second-order valence-electron chi connectivity index (χ2n) is 5.05. The number of benzene rings is 1. The van der Waals surface area contributed by atoms with Crippen molar-refractivity contribution in [3.63, 3.8) is 0 Å². The molecule has 0 saturated heterocycles. The van der Waals surface area contributed by atoms with Crippen molar-refractivity contribution in [2.75, 3.05) is 24.2 Å². The van der Waals surface area contributed by atoms with E-state index in [0.717, 1.165) is 30.8 Å². The third-order valence-electron chi connectivity index (χ3n) is 3.12. The molecule has 0 radical (unpaired) electrons. The fourth-order valence-corrected chi connectivity index (χ4v) is 1.94. The fourth-order valence-electron chi connectivity index (χ4n) is 1.94. The van der Waals surface area contributed by atoms with Crippen LogP contribution in [0, 0.1) is 5.92 Å². The number of anilines is 2. The van der Waals surface area contributed by atoms with Gasteiger partial charge in [-0.1, -0.05) is 19.4 Å². The van der Waals surface area contributed by atoms with Crippen molar-refractivity contribution in [2.45, 2.75) is 39.7 Å². The van der Waals surface area contributed by atoms with Crippen molar-refractivity contribution in [3.05, 3.63) is 18.2 Å². The predicted molar refractivity (Wildman–Crippen MR) is 80.6 cm³/mol. The Balaban J connectivity index is 2.67. The second-order valence-corrected chi connectivity index (χ2v) is 5.05. The number of aliphatic hydroxyl groups excluding tert-OH is 1. The highest BCUT2D eigenvalue weighted by Gasteiger charge is 2.10. The molecule has 0 aromatic heterocycles. The summed E-state index contributed by atoms with van der Waals surface area (Å²) in [6, 6.07) is 5.77. The van der Waals surface area contributed by atoms with Gasteiger partial charge in [0.05, 0.1) is 17.5 Å². The Morgan fingerprint density at radius 3 is 2.68 bits per heavy atom. The summed E-state index contributed by atoms with van der Waals surface area (Å²) < 4.78 is 5.66. The Labute approximate surface area is 116 Å². The van der Waals surface area contributed by atoms with E-state index >= 15 is 0 Å². The van der Waals surface area contributed by atoms with Gasteiger partial charge >= 0.3 is 0 Å². The molecule has 0 aliphatic rings. The molecule has 0 amide bonds. The number of hydrogen-bond donors (Lipinski definition) is 3. The summed E-state index contributed by atoms with van der Waals surface area (Å²) in [5, 5.41) is 12.3. The number of nitrogen functional groups attached to an aromatic ring is 1. The predicted octanol–water partition coefficient (Wildman–Crippen LogP) is 2.88. The summed E-state index contributed by atoms with van der Waals surface area (Å²) in [5.41, 5.74) is 7.64. The second kappa shape index (κ2) is 7.89. The summed E-state index contributed by atoms with van der Waals surface area (Å²) in [7, 11) is 0. The molecule has 1 aromatic rings.